The van der Waals surface area contributed by atoms with Gasteiger partial charge in [0.15, 0.2) is 0 Å². The van der Waals surface area contributed by atoms with E-state index >= 15 is 0 Å². The standard InChI is InChI=1S/C13H22N4O7S/c1-6(13(23)24)16-12(22)8(2-3-10(19)20)17-9(18)4-15-11(21)7(14)5-25/h6-8,25H,2-5,14H2,1H3,(H,15,21)(H,16,22)(H,17,18)(H,19,20)(H,23,24). The van der Waals surface area contributed by atoms with E-state index in [2.05, 4.69) is 28.6 Å². The van der Waals surface area contributed by atoms with E-state index in [9.17, 15) is 24.0 Å². The van der Waals surface area contributed by atoms with Gasteiger partial charge in [0.2, 0.25) is 17.7 Å². The summed E-state index contributed by atoms with van der Waals surface area (Å²) in [7, 11) is 0. The zero-order valence-corrected chi connectivity index (χ0v) is 14.4. The van der Waals surface area contributed by atoms with E-state index in [4.69, 9.17) is 15.9 Å². The number of carboxylic acid groups (broad SMARTS) is 2. The molecule has 0 bridgehead atoms. The van der Waals surface area contributed by atoms with Gasteiger partial charge in [-0.2, -0.15) is 12.6 Å². The van der Waals surface area contributed by atoms with Crippen LogP contribution in [0.4, 0.5) is 0 Å². The lowest BCUT2D eigenvalue weighted by molar-refractivity contribution is -0.142. The van der Waals surface area contributed by atoms with Gasteiger partial charge in [-0.1, -0.05) is 0 Å². The summed E-state index contributed by atoms with van der Waals surface area (Å²) in [6.45, 7) is 0.737. The second-order valence-corrected chi connectivity index (χ2v) is 5.49. The molecule has 3 unspecified atom stereocenters. The highest BCUT2D eigenvalue weighted by atomic mass is 32.1. The third-order valence-corrected chi connectivity index (χ3v) is 3.38. The van der Waals surface area contributed by atoms with Crippen molar-refractivity contribution in [3.63, 3.8) is 0 Å². The first-order chi connectivity index (χ1) is 11.6. The number of carboxylic acids is 2. The number of hydrogen-bond acceptors (Lipinski definition) is 7. The van der Waals surface area contributed by atoms with E-state index in [1.54, 1.807) is 0 Å². The zero-order valence-electron chi connectivity index (χ0n) is 13.5. The first-order valence-electron chi connectivity index (χ1n) is 7.27. The minimum Gasteiger partial charge on any atom is -0.481 e. The Kier molecular flexibility index (Phi) is 10.2. The first-order valence-corrected chi connectivity index (χ1v) is 7.90. The Morgan fingerprint density at radius 2 is 1.68 bits per heavy atom. The molecule has 3 atom stereocenters. The smallest absolute Gasteiger partial charge is 0.325 e. The molecule has 11 nitrogen and oxygen atoms in total. The lowest BCUT2D eigenvalue weighted by Gasteiger charge is -2.19. The molecule has 0 aliphatic carbocycles. The van der Waals surface area contributed by atoms with Crippen LogP contribution in [0.15, 0.2) is 0 Å². The van der Waals surface area contributed by atoms with Gasteiger partial charge < -0.3 is 31.9 Å². The van der Waals surface area contributed by atoms with E-state index in [1.807, 2.05) is 0 Å². The Labute approximate surface area is 149 Å². The summed E-state index contributed by atoms with van der Waals surface area (Å²) >= 11 is 3.83. The fourth-order valence-electron chi connectivity index (χ4n) is 1.54. The van der Waals surface area contributed by atoms with E-state index in [1.165, 1.54) is 6.92 Å². The van der Waals surface area contributed by atoms with Crippen LogP contribution in [0.3, 0.4) is 0 Å². The summed E-state index contributed by atoms with van der Waals surface area (Å²) in [4.78, 5) is 56.7. The fraction of sp³-hybridized carbons (Fsp3) is 0.615. The summed E-state index contributed by atoms with van der Waals surface area (Å²) in [6, 6.07) is -3.38. The van der Waals surface area contributed by atoms with Crippen LogP contribution < -0.4 is 21.7 Å². The number of nitrogens with one attached hydrogen (secondary N) is 3. The van der Waals surface area contributed by atoms with Gasteiger partial charge in [0, 0.05) is 12.2 Å². The van der Waals surface area contributed by atoms with Crippen molar-refractivity contribution in [2.45, 2.75) is 37.9 Å². The van der Waals surface area contributed by atoms with Gasteiger partial charge in [-0.25, -0.2) is 0 Å². The maximum Gasteiger partial charge on any atom is 0.325 e. The van der Waals surface area contributed by atoms with Gasteiger partial charge in [0.05, 0.1) is 12.6 Å². The summed E-state index contributed by atoms with van der Waals surface area (Å²) < 4.78 is 0. The molecule has 0 saturated heterocycles. The van der Waals surface area contributed by atoms with Gasteiger partial charge in [-0.15, -0.1) is 0 Å². The molecule has 0 aromatic heterocycles. The highest BCUT2D eigenvalue weighted by Crippen LogP contribution is 1.99. The van der Waals surface area contributed by atoms with Crippen molar-refractivity contribution >= 4 is 42.3 Å². The van der Waals surface area contributed by atoms with Crippen molar-refractivity contribution in [1.82, 2.24) is 16.0 Å². The Morgan fingerprint density at radius 3 is 2.16 bits per heavy atom. The lowest BCUT2D eigenvalue weighted by atomic mass is 10.1. The van der Waals surface area contributed by atoms with E-state index in [-0.39, 0.29) is 12.2 Å². The van der Waals surface area contributed by atoms with E-state index < -0.39 is 60.8 Å². The fourth-order valence-corrected chi connectivity index (χ4v) is 1.70. The molecule has 3 amide bonds. The second-order valence-electron chi connectivity index (χ2n) is 5.13. The predicted octanol–water partition coefficient (Wildman–Crippen LogP) is -2.70. The van der Waals surface area contributed by atoms with Crippen LogP contribution in [0.2, 0.25) is 0 Å². The number of aliphatic carboxylic acids is 2. The highest BCUT2D eigenvalue weighted by Gasteiger charge is 2.25. The van der Waals surface area contributed by atoms with Crippen molar-refractivity contribution in [2.75, 3.05) is 12.3 Å². The highest BCUT2D eigenvalue weighted by molar-refractivity contribution is 7.80. The van der Waals surface area contributed by atoms with Crippen LogP contribution in [-0.2, 0) is 24.0 Å². The van der Waals surface area contributed by atoms with Crippen LogP contribution >= 0.6 is 12.6 Å². The lowest BCUT2D eigenvalue weighted by Crippen LogP contribution is -2.53. The minimum absolute atomic E-state index is 0.0736. The van der Waals surface area contributed by atoms with E-state index in [0.717, 1.165) is 0 Å². The van der Waals surface area contributed by atoms with Gasteiger partial charge in [-0.05, 0) is 13.3 Å². The average molecular weight is 378 g/mol. The topological polar surface area (TPSA) is 188 Å². The van der Waals surface area contributed by atoms with Crippen molar-refractivity contribution in [1.29, 1.82) is 0 Å². The molecule has 0 heterocycles. The quantitative estimate of drug-likeness (QED) is 0.189. The molecule has 0 radical (unpaired) electrons. The molecule has 0 saturated carbocycles. The second kappa shape index (κ2) is 11.3. The van der Waals surface area contributed by atoms with Gasteiger partial charge in [-0.3, -0.25) is 24.0 Å². The summed E-state index contributed by atoms with van der Waals surface area (Å²) in [5.41, 5.74) is 5.41. The predicted molar refractivity (Wildman–Crippen MR) is 88.9 cm³/mol. The first kappa shape index (κ1) is 22.7. The number of carbonyl (C=O) groups is 5. The molecule has 7 N–H and O–H groups in total. The van der Waals surface area contributed by atoms with Crippen molar-refractivity contribution < 1.29 is 34.2 Å². The molecular formula is C13H22N4O7S. The molecule has 25 heavy (non-hydrogen) atoms. The summed E-state index contributed by atoms with van der Waals surface area (Å²) in [5, 5.41) is 24.1. The Balaban J connectivity index is 4.73. The number of amides is 3. The number of carbonyl (C=O) groups excluding carboxylic acids is 3. The third-order valence-electron chi connectivity index (χ3n) is 2.98. The number of nitrogens with two attached hydrogens (primary N) is 1. The number of thiol groups is 1. The minimum atomic E-state index is -1.29. The monoisotopic (exact) mass is 378 g/mol. The maximum absolute atomic E-state index is 12.0. The Bertz CT molecular complexity index is 529. The molecule has 0 aliphatic rings. The van der Waals surface area contributed by atoms with Crippen LogP contribution in [-0.4, -0.2) is 70.3 Å². The van der Waals surface area contributed by atoms with Gasteiger partial charge >= 0.3 is 11.9 Å². The zero-order chi connectivity index (χ0) is 19.6. The van der Waals surface area contributed by atoms with Crippen LogP contribution in [0.5, 0.6) is 0 Å². The molecule has 0 rings (SSSR count). The molecule has 0 spiro atoms. The number of rotatable bonds is 11. The molecule has 0 fully saturated rings. The summed E-state index contributed by atoms with van der Waals surface area (Å²) in [5.74, 6) is -4.62. The molecular weight excluding hydrogens is 356 g/mol. The Morgan fingerprint density at radius 1 is 1.08 bits per heavy atom. The van der Waals surface area contributed by atoms with Crippen molar-refractivity contribution in [3.8, 4) is 0 Å². The van der Waals surface area contributed by atoms with Gasteiger partial charge in [0.1, 0.15) is 12.1 Å². The molecule has 142 valence electrons. The van der Waals surface area contributed by atoms with Crippen molar-refractivity contribution in [3.05, 3.63) is 0 Å². The molecule has 0 aromatic carbocycles. The van der Waals surface area contributed by atoms with Crippen LogP contribution in [0, 0.1) is 0 Å². The third kappa shape index (κ3) is 9.52. The average Bonchev–Trinajstić information content (AvgIpc) is 2.54. The largest absolute Gasteiger partial charge is 0.481 e. The molecule has 12 heteroatoms. The maximum atomic E-state index is 12.0. The SMILES string of the molecule is CC(NC(=O)C(CCC(=O)O)NC(=O)CNC(=O)C(N)CS)C(=O)O. The van der Waals surface area contributed by atoms with Crippen molar-refractivity contribution in [2.24, 2.45) is 5.73 Å². The van der Waals surface area contributed by atoms with Crippen LogP contribution in [0.1, 0.15) is 19.8 Å². The number of hydrogen-bond donors (Lipinski definition) is 7. The van der Waals surface area contributed by atoms with E-state index in [0.29, 0.717) is 0 Å². The normalized spacial score (nSPS) is 13.9. The molecule has 0 aromatic rings. The molecule has 0 aliphatic heterocycles. The Hall–Kier alpha value is -2.34. The van der Waals surface area contributed by atoms with Crippen LogP contribution in [0.25, 0.3) is 0 Å². The summed E-state index contributed by atoms with van der Waals surface area (Å²) in [6.07, 6.45) is -0.667. The van der Waals surface area contributed by atoms with Gasteiger partial charge in [0.25, 0.3) is 0 Å².